The number of amides is 3. The van der Waals surface area contributed by atoms with Gasteiger partial charge in [0.15, 0.2) is 24.1 Å². The molecule has 1 atom stereocenters. The van der Waals surface area contributed by atoms with Gasteiger partial charge in [-0.15, -0.1) is 0 Å². The second kappa shape index (κ2) is 12.2. The molecule has 2 saturated heterocycles. The van der Waals surface area contributed by atoms with Crippen molar-refractivity contribution in [3.63, 3.8) is 0 Å². The number of hydrogen-bond donors (Lipinski definition) is 1. The van der Waals surface area contributed by atoms with Gasteiger partial charge in [0.1, 0.15) is 17.7 Å². The van der Waals surface area contributed by atoms with Gasteiger partial charge in [0, 0.05) is 32.7 Å². The molecule has 1 aromatic carbocycles. The van der Waals surface area contributed by atoms with E-state index < -0.39 is 11.7 Å². The van der Waals surface area contributed by atoms with E-state index in [1.165, 1.54) is 11.1 Å². The summed E-state index contributed by atoms with van der Waals surface area (Å²) in [6.07, 6.45) is 5.16. The molecule has 7 rings (SSSR count). The SMILES string of the molecule is CC(C)(C)OC(=O)N1CC(n2cnc3cc4c(c(F)c32)CC(CN2CCCCN(c3cnc5c(n3)NC(=O)CO5)C(=O)OCC2)C4)C1. The van der Waals surface area contributed by atoms with Crippen molar-refractivity contribution in [1.82, 2.24) is 29.3 Å². The van der Waals surface area contributed by atoms with Crippen LogP contribution in [0.2, 0.25) is 0 Å². The molecule has 0 saturated carbocycles. The first-order valence-electron chi connectivity index (χ1n) is 16.1. The van der Waals surface area contributed by atoms with Crippen LogP contribution in [0.1, 0.15) is 50.8 Å². The number of aromatic nitrogens is 4. The second-order valence-corrected chi connectivity index (χ2v) is 13.7. The molecule has 5 heterocycles. The topological polar surface area (TPSA) is 144 Å². The fraction of sp³-hybridized carbons (Fsp3) is 0.562. The van der Waals surface area contributed by atoms with Gasteiger partial charge in [0.25, 0.3) is 11.8 Å². The fourth-order valence-electron chi connectivity index (χ4n) is 6.72. The number of likely N-dealkylation sites (tertiary alicyclic amines) is 1. The summed E-state index contributed by atoms with van der Waals surface area (Å²) in [5.74, 6) is 0.356. The van der Waals surface area contributed by atoms with Gasteiger partial charge in [-0.3, -0.25) is 14.6 Å². The van der Waals surface area contributed by atoms with Gasteiger partial charge >= 0.3 is 12.2 Å². The van der Waals surface area contributed by atoms with Crippen LogP contribution in [0.15, 0.2) is 18.6 Å². The summed E-state index contributed by atoms with van der Waals surface area (Å²) in [7, 11) is 0. The predicted molar refractivity (Wildman–Crippen MR) is 168 cm³/mol. The fourth-order valence-corrected chi connectivity index (χ4v) is 6.72. The number of hydrogen-bond acceptors (Lipinski definition) is 10. The molecule has 1 N–H and O–H groups in total. The van der Waals surface area contributed by atoms with E-state index >= 15 is 4.39 Å². The molecule has 0 radical (unpaired) electrons. The molecular formula is C32H39FN8O6. The largest absolute Gasteiger partial charge is 0.465 e. The zero-order chi connectivity index (χ0) is 32.9. The van der Waals surface area contributed by atoms with Crippen LogP contribution in [0.3, 0.4) is 0 Å². The maximum atomic E-state index is 16.1. The van der Waals surface area contributed by atoms with Crippen molar-refractivity contribution in [3.8, 4) is 5.88 Å². The predicted octanol–water partition coefficient (Wildman–Crippen LogP) is 3.54. The first kappa shape index (κ1) is 31.1. The van der Waals surface area contributed by atoms with Gasteiger partial charge in [0.05, 0.1) is 24.1 Å². The minimum atomic E-state index is -0.569. The Kier molecular flexibility index (Phi) is 8.10. The minimum Gasteiger partial charge on any atom is -0.465 e. The molecule has 3 aliphatic heterocycles. The standard InChI is InChI=1S/C32H39FN8O6/c1-32(2,3)47-30(43)39-15-21(16-39)41-18-35-23-12-20-10-19(11-22(20)26(33)27(23)41)14-38-6-4-5-7-40(31(44)45-9-8-38)24-13-34-29-28(36-24)37-25(42)17-46-29/h12-13,18-19,21H,4-11,14-17H2,1-3H3,(H,36,37,42). The van der Waals surface area contributed by atoms with Crippen LogP contribution >= 0.6 is 0 Å². The van der Waals surface area contributed by atoms with E-state index in [1.807, 2.05) is 31.4 Å². The average molecular weight is 651 g/mol. The maximum absolute atomic E-state index is 16.1. The number of nitrogens with zero attached hydrogens (tertiary/aromatic N) is 7. The van der Waals surface area contributed by atoms with Crippen molar-refractivity contribution < 1.29 is 33.0 Å². The third-order valence-electron chi connectivity index (χ3n) is 8.98. The summed E-state index contributed by atoms with van der Waals surface area (Å²) in [4.78, 5) is 55.6. The average Bonchev–Trinajstić information content (AvgIpc) is 3.59. The molecule has 2 fully saturated rings. The number of nitrogens with one attached hydrogen (secondary N) is 1. The summed E-state index contributed by atoms with van der Waals surface area (Å²) in [5.41, 5.74) is 2.29. The molecule has 1 unspecified atom stereocenters. The minimum absolute atomic E-state index is 0.0564. The van der Waals surface area contributed by atoms with Crippen molar-refractivity contribution in [2.75, 3.05) is 62.7 Å². The van der Waals surface area contributed by atoms with Crippen LogP contribution < -0.4 is 15.0 Å². The van der Waals surface area contributed by atoms with E-state index in [0.29, 0.717) is 50.1 Å². The number of fused-ring (bicyclic) bond motifs is 3. The molecule has 15 heteroatoms. The monoisotopic (exact) mass is 650 g/mol. The lowest BCUT2D eigenvalue weighted by molar-refractivity contribution is -0.118. The van der Waals surface area contributed by atoms with E-state index in [-0.39, 0.29) is 60.5 Å². The van der Waals surface area contributed by atoms with Crippen LogP contribution in [-0.4, -0.2) is 105 Å². The highest BCUT2D eigenvalue weighted by atomic mass is 19.1. The number of cyclic esters (lactones) is 1. The van der Waals surface area contributed by atoms with Crippen LogP contribution in [0.5, 0.6) is 5.88 Å². The summed E-state index contributed by atoms with van der Waals surface area (Å²) in [5, 5.41) is 2.62. The molecule has 3 aromatic rings. The number of anilines is 2. The van der Waals surface area contributed by atoms with Crippen LogP contribution in [0.4, 0.5) is 25.6 Å². The smallest absolute Gasteiger partial charge is 0.415 e. The Morgan fingerprint density at radius 2 is 1.91 bits per heavy atom. The number of halogens is 1. The number of carbonyl (C=O) groups is 3. The van der Waals surface area contributed by atoms with Gasteiger partial charge in [-0.05, 0) is 76.1 Å². The lowest BCUT2D eigenvalue weighted by Gasteiger charge is -2.40. The molecule has 14 nitrogen and oxygen atoms in total. The third kappa shape index (κ3) is 6.40. The Morgan fingerprint density at radius 3 is 2.72 bits per heavy atom. The summed E-state index contributed by atoms with van der Waals surface area (Å²) in [6.45, 7) is 8.98. The first-order valence-corrected chi connectivity index (χ1v) is 16.1. The van der Waals surface area contributed by atoms with Crippen LogP contribution in [0, 0.1) is 11.7 Å². The highest BCUT2D eigenvalue weighted by Crippen LogP contribution is 2.36. The van der Waals surface area contributed by atoms with E-state index in [4.69, 9.17) is 14.2 Å². The van der Waals surface area contributed by atoms with E-state index in [1.54, 1.807) is 11.2 Å². The molecule has 0 bridgehead atoms. The number of rotatable bonds is 4. The van der Waals surface area contributed by atoms with Crippen LogP contribution in [-0.2, 0) is 27.1 Å². The van der Waals surface area contributed by atoms with Crippen molar-refractivity contribution in [2.24, 2.45) is 5.92 Å². The number of imidazole rings is 1. The van der Waals surface area contributed by atoms with Crippen molar-refractivity contribution in [1.29, 1.82) is 0 Å². The van der Waals surface area contributed by atoms with Gasteiger partial charge in [-0.25, -0.2) is 28.9 Å². The Bertz CT molecular complexity index is 1720. The number of carbonyl (C=O) groups excluding carboxylic acids is 3. The molecule has 47 heavy (non-hydrogen) atoms. The zero-order valence-corrected chi connectivity index (χ0v) is 26.8. The molecular weight excluding hydrogens is 611 g/mol. The molecule has 4 aliphatic rings. The highest BCUT2D eigenvalue weighted by Gasteiger charge is 2.37. The molecule has 0 spiro atoms. The molecule has 1 aliphatic carbocycles. The van der Waals surface area contributed by atoms with Gasteiger partial charge in [0.2, 0.25) is 0 Å². The normalized spacial score (nSPS) is 21.0. The molecule has 3 amide bonds. The Morgan fingerprint density at radius 1 is 1.11 bits per heavy atom. The van der Waals surface area contributed by atoms with Crippen LogP contribution in [0.25, 0.3) is 11.0 Å². The third-order valence-corrected chi connectivity index (χ3v) is 8.98. The summed E-state index contributed by atoms with van der Waals surface area (Å²) in [6, 6.07) is 1.95. The maximum Gasteiger partial charge on any atom is 0.415 e. The van der Waals surface area contributed by atoms with Crippen molar-refractivity contribution >= 4 is 40.8 Å². The van der Waals surface area contributed by atoms with E-state index in [9.17, 15) is 14.4 Å². The van der Waals surface area contributed by atoms with E-state index in [2.05, 4.69) is 25.2 Å². The van der Waals surface area contributed by atoms with Crippen molar-refractivity contribution in [3.05, 3.63) is 35.5 Å². The van der Waals surface area contributed by atoms with Gasteiger partial charge in [-0.1, -0.05) is 0 Å². The molecule has 2 aromatic heterocycles. The lowest BCUT2D eigenvalue weighted by atomic mass is 10.1. The Balaban J connectivity index is 0.960. The first-order chi connectivity index (χ1) is 22.5. The number of ether oxygens (including phenoxy) is 3. The Labute approximate surface area is 271 Å². The second-order valence-electron chi connectivity index (χ2n) is 13.7. The quantitative estimate of drug-likeness (QED) is 0.445. The van der Waals surface area contributed by atoms with E-state index in [0.717, 1.165) is 37.1 Å². The summed E-state index contributed by atoms with van der Waals surface area (Å²) < 4.78 is 34.3. The van der Waals surface area contributed by atoms with Gasteiger partial charge in [-0.2, -0.15) is 0 Å². The van der Waals surface area contributed by atoms with Crippen molar-refractivity contribution in [2.45, 2.75) is 58.1 Å². The zero-order valence-electron chi connectivity index (χ0n) is 26.8. The summed E-state index contributed by atoms with van der Waals surface area (Å²) >= 11 is 0. The lowest BCUT2D eigenvalue weighted by Crippen LogP contribution is -2.52. The highest BCUT2D eigenvalue weighted by molar-refractivity contribution is 5.94. The Hall–Kier alpha value is -4.53. The molecule has 250 valence electrons. The number of benzene rings is 1. The van der Waals surface area contributed by atoms with Gasteiger partial charge < -0.3 is 29.0 Å².